The van der Waals surface area contributed by atoms with E-state index in [1.165, 1.54) is 10.4 Å². The summed E-state index contributed by atoms with van der Waals surface area (Å²) in [7, 11) is -2.15. The molecule has 1 saturated heterocycles. The van der Waals surface area contributed by atoms with Crippen molar-refractivity contribution in [3.05, 3.63) is 22.7 Å². The highest BCUT2D eigenvalue weighted by molar-refractivity contribution is 9.10. The first kappa shape index (κ1) is 16.3. The third-order valence-electron chi connectivity index (χ3n) is 3.81. The number of nitrogens with two attached hydrogens (primary N) is 1. The molecule has 1 amide bonds. The monoisotopic (exact) mass is 375 g/mol. The maximum atomic E-state index is 12.7. The Morgan fingerprint density at radius 2 is 2.14 bits per heavy atom. The molecular weight excluding hydrogens is 358 g/mol. The molecule has 0 radical (unpaired) electrons. The predicted molar refractivity (Wildman–Crippen MR) is 84.1 cm³/mol. The highest BCUT2D eigenvalue weighted by atomic mass is 79.9. The van der Waals surface area contributed by atoms with Crippen LogP contribution in [0.1, 0.15) is 13.3 Å². The van der Waals surface area contributed by atoms with Gasteiger partial charge in [-0.2, -0.15) is 4.31 Å². The second kappa shape index (κ2) is 5.58. The number of nitrogens with zero attached hydrogens (tertiary/aromatic N) is 1. The molecule has 1 aliphatic heterocycles. The fourth-order valence-electron chi connectivity index (χ4n) is 2.48. The summed E-state index contributed by atoms with van der Waals surface area (Å²) in [6.45, 7) is 2.23. The average Bonchev–Trinajstić information content (AvgIpc) is 2.85. The van der Waals surface area contributed by atoms with Crippen molar-refractivity contribution in [2.75, 3.05) is 25.9 Å². The Balaban J connectivity index is 2.34. The first-order valence-corrected chi connectivity index (χ1v) is 8.71. The van der Waals surface area contributed by atoms with E-state index in [1.54, 1.807) is 26.1 Å². The van der Waals surface area contributed by atoms with Gasteiger partial charge >= 0.3 is 0 Å². The SMILES string of the molecule is CNC(=O)C1(C)CCN(S(=O)(=O)c2cc(Br)ccc2N)C1. The summed E-state index contributed by atoms with van der Waals surface area (Å²) >= 11 is 3.25. The van der Waals surface area contributed by atoms with Gasteiger partial charge in [0.05, 0.1) is 11.1 Å². The van der Waals surface area contributed by atoms with Gasteiger partial charge in [0, 0.05) is 24.6 Å². The van der Waals surface area contributed by atoms with Crippen LogP contribution < -0.4 is 11.1 Å². The maximum Gasteiger partial charge on any atom is 0.245 e. The first-order valence-electron chi connectivity index (χ1n) is 6.48. The fraction of sp³-hybridized carbons (Fsp3) is 0.462. The zero-order chi connectivity index (χ0) is 15.8. The number of nitrogen functional groups attached to an aromatic ring is 1. The van der Waals surface area contributed by atoms with Gasteiger partial charge in [-0.05, 0) is 31.5 Å². The number of hydrogen-bond acceptors (Lipinski definition) is 4. The van der Waals surface area contributed by atoms with Crippen molar-refractivity contribution in [2.45, 2.75) is 18.2 Å². The molecule has 0 bridgehead atoms. The molecule has 1 aromatic rings. The van der Waals surface area contributed by atoms with Crippen molar-refractivity contribution in [3.63, 3.8) is 0 Å². The van der Waals surface area contributed by atoms with Gasteiger partial charge in [0.1, 0.15) is 4.90 Å². The summed E-state index contributed by atoms with van der Waals surface area (Å²) in [5.41, 5.74) is 5.29. The van der Waals surface area contributed by atoms with Gasteiger partial charge in [-0.3, -0.25) is 4.79 Å². The minimum Gasteiger partial charge on any atom is -0.398 e. The van der Waals surface area contributed by atoms with Crippen LogP contribution >= 0.6 is 15.9 Å². The van der Waals surface area contributed by atoms with Gasteiger partial charge in [-0.15, -0.1) is 0 Å². The third-order valence-corrected chi connectivity index (χ3v) is 6.20. The molecule has 0 saturated carbocycles. The Morgan fingerprint density at radius 1 is 1.48 bits per heavy atom. The number of hydrogen-bond donors (Lipinski definition) is 2. The standard InChI is InChI=1S/C13H18BrN3O3S/c1-13(12(18)16-2)5-6-17(8-13)21(19,20)11-7-9(14)3-4-10(11)15/h3-4,7H,5-6,8,15H2,1-2H3,(H,16,18). The maximum absolute atomic E-state index is 12.7. The van der Waals surface area contributed by atoms with E-state index < -0.39 is 15.4 Å². The van der Waals surface area contributed by atoms with Crippen LogP contribution in [0.25, 0.3) is 0 Å². The quantitative estimate of drug-likeness (QED) is 0.775. The predicted octanol–water partition coefficient (Wildman–Crippen LogP) is 1.18. The number of carbonyl (C=O) groups excluding carboxylic acids is 1. The van der Waals surface area contributed by atoms with E-state index in [0.717, 1.165) is 0 Å². The number of amides is 1. The average molecular weight is 376 g/mol. The van der Waals surface area contributed by atoms with Crippen molar-refractivity contribution in [1.29, 1.82) is 0 Å². The summed E-state index contributed by atoms with van der Waals surface area (Å²) in [5.74, 6) is -0.151. The lowest BCUT2D eigenvalue weighted by Crippen LogP contribution is -2.40. The second-order valence-electron chi connectivity index (χ2n) is 5.41. The van der Waals surface area contributed by atoms with Crippen molar-refractivity contribution < 1.29 is 13.2 Å². The van der Waals surface area contributed by atoms with Crippen LogP contribution in [0.5, 0.6) is 0 Å². The lowest BCUT2D eigenvalue weighted by Gasteiger charge is -2.23. The number of anilines is 1. The molecule has 6 nitrogen and oxygen atoms in total. The van der Waals surface area contributed by atoms with Crippen molar-refractivity contribution in [3.8, 4) is 0 Å². The lowest BCUT2D eigenvalue weighted by atomic mass is 9.89. The number of halogens is 1. The number of rotatable bonds is 3. The molecule has 1 aromatic carbocycles. The van der Waals surface area contributed by atoms with E-state index in [1.807, 2.05) is 0 Å². The van der Waals surface area contributed by atoms with Crippen LogP contribution in [0.15, 0.2) is 27.6 Å². The molecule has 3 N–H and O–H groups in total. The first-order chi connectivity index (χ1) is 9.70. The van der Waals surface area contributed by atoms with Crippen molar-refractivity contribution in [1.82, 2.24) is 9.62 Å². The van der Waals surface area contributed by atoms with Crippen molar-refractivity contribution in [2.24, 2.45) is 5.41 Å². The van der Waals surface area contributed by atoms with E-state index in [2.05, 4.69) is 21.2 Å². The molecule has 1 aliphatic rings. The van der Waals surface area contributed by atoms with E-state index in [9.17, 15) is 13.2 Å². The van der Waals surface area contributed by atoms with Crippen LogP contribution in [-0.4, -0.2) is 38.8 Å². The molecule has 116 valence electrons. The molecule has 1 heterocycles. The second-order valence-corrected chi connectivity index (χ2v) is 8.23. The van der Waals surface area contributed by atoms with Crippen molar-refractivity contribution >= 4 is 37.5 Å². The van der Waals surface area contributed by atoms with Crippen LogP contribution in [-0.2, 0) is 14.8 Å². The summed E-state index contributed by atoms with van der Waals surface area (Å²) in [6.07, 6.45) is 0.486. The third kappa shape index (κ3) is 2.93. The summed E-state index contributed by atoms with van der Waals surface area (Å²) in [6, 6.07) is 4.72. The summed E-state index contributed by atoms with van der Waals surface area (Å²) < 4.78 is 27.4. The Bertz CT molecular complexity index is 677. The molecular formula is C13H18BrN3O3S. The molecule has 21 heavy (non-hydrogen) atoms. The van der Waals surface area contributed by atoms with Crippen LogP contribution in [0.3, 0.4) is 0 Å². The van der Waals surface area contributed by atoms with Gasteiger partial charge in [-0.25, -0.2) is 8.42 Å². The minimum atomic E-state index is -3.71. The summed E-state index contributed by atoms with van der Waals surface area (Å²) in [5, 5.41) is 2.59. The molecule has 1 atom stereocenters. The Kier molecular flexibility index (Phi) is 4.32. The Hall–Kier alpha value is -1.12. The van der Waals surface area contributed by atoms with Crippen LogP contribution in [0, 0.1) is 5.41 Å². The van der Waals surface area contributed by atoms with Gasteiger partial charge in [0.25, 0.3) is 0 Å². The van der Waals surface area contributed by atoms with Gasteiger partial charge < -0.3 is 11.1 Å². The number of sulfonamides is 1. The van der Waals surface area contributed by atoms with Crippen LogP contribution in [0.2, 0.25) is 0 Å². The van der Waals surface area contributed by atoms with E-state index in [4.69, 9.17) is 5.73 Å². The normalized spacial score (nSPS) is 23.2. The summed E-state index contributed by atoms with van der Waals surface area (Å²) in [4.78, 5) is 12.0. The van der Waals surface area contributed by atoms with Gasteiger partial charge in [-0.1, -0.05) is 15.9 Å². The molecule has 0 aromatic heterocycles. The highest BCUT2D eigenvalue weighted by Crippen LogP contribution is 2.35. The minimum absolute atomic E-state index is 0.0676. The number of benzene rings is 1. The van der Waals surface area contributed by atoms with E-state index in [0.29, 0.717) is 17.4 Å². The molecule has 2 rings (SSSR count). The number of carbonyl (C=O) groups is 1. The topological polar surface area (TPSA) is 92.5 Å². The molecule has 8 heteroatoms. The Morgan fingerprint density at radius 3 is 2.76 bits per heavy atom. The van der Waals surface area contributed by atoms with Gasteiger partial charge in [0.2, 0.25) is 15.9 Å². The van der Waals surface area contributed by atoms with E-state index in [-0.39, 0.29) is 23.0 Å². The van der Waals surface area contributed by atoms with Gasteiger partial charge in [0.15, 0.2) is 0 Å². The molecule has 0 spiro atoms. The fourth-order valence-corrected chi connectivity index (χ4v) is 4.70. The van der Waals surface area contributed by atoms with E-state index >= 15 is 0 Å². The van der Waals surface area contributed by atoms with Crippen LogP contribution in [0.4, 0.5) is 5.69 Å². The zero-order valence-corrected chi connectivity index (χ0v) is 14.3. The zero-order valence-electron chi connectivity index (χ0n) is 11.9. The smallest absolute Gasteiger partial charge is 0.245 e. The molecule has 1 unspecified atom stereocenters. The highest BCUT2D eigenvalue weighted by Gasteiger charge is 2.44. The molecule has 1 fully saturated rings. The molecule has 0 aliphatic carbocycles. The Labute approximate surface area is 132 Å². The lowest BCUT2D eigenvalue weighted by molar-refractivity contribution is -0.128. The number of nitrogens with one attached hydrogen (secondary N) is 1. The largest absolute Gasteiger partial charge is 0.398 e.